The minimum atomic E-state index is -0.962. The van der Waals surface area contributed by atoms with Crippen LogP contribution in [0, 0.1) is 0 Å². The molecule has 0 amide bonds. The van der Waals surface area contributed by atoms with Crippen LogP contribution in [0.2, 0.25) is 0 Å². The number of hydrogen-bond donors (Lipinski definition) is 1. The molecule has 1 heterocycles. The van der Waals surface area contributed by atoms with Crippen molar-refractivity contribution in [3.8, 4) is 0 Å². The fourth-order valence-electron chi connectivity index (χ4n) is 1.15. The van der Waals surface area contributed by atoms with E-state index in [0.717, 1.165) is 17.5 Å². The van der Waals surface area contributed by atoms with Crippen LogP contribution in [0.3, 0.4) is 0 Å². The van der Waals surface area contributed by atoms with Crippen LogP contribution in [0.5, 0.6) is 0 Å². The Hall–Kier alpha value is -1.71. The molecule has 0 spiro atoms. The molecule has 4 heteroatoms. The highest BCUT2D eigenvalue weighted by Crippen LogP contribution is 2.37. The van der Waals surface area contributed by atoms with Gasteiger partial charge in [0.05, 0.1) is 0 Å². The molecule has 0 aromatic carbocycles. The van der Waals surface area contributed by atoms with Crippen LogP contribution < -0.4 is 0 Å². The Morgan fingerprint density at radius 2 is 2.07 bits per heavy atom. The molecule has 1 aliphatic carbocycles. The molecule has 0 radical (unpaired) electrons. The standard InChI is InChI=1S/C10H10N2O2/c13-9(14)4-1-7-5-11-10(12-6-7)8-2-3-8/h1,4-6,8H,2-3H2,(H,13,14). The fraction of sp³-hybridized carbons (Fsp3) is 0.300. The summed E-state index contributed by atoms with van der Waals surface area (Å²) >= 11 is 0. The number of aliphatic carboxylic acids is 1. The molecule has 0 aliphatic heterocycles. The number of hydrogen-bond acceptors (Lipinski definition) is 3. The predicted molar refractivity (Wildman–Crippen MR) is 50.7 cm³/mol. The highest BCUT2D eigenvalue weighted by atomic mass is 16.4. The number of nitrogens with zero attached hydrogens (tertiary/aromatic N) is 2. The number of carboxylic acids is 1. The topological polar surface area (TPSA) is 63.1 Å². The van der Waals surface area contributed by atoms with Crippen LogP contribution in [0.4, 0.5) is 0 Å². The van der Waals surface area contributed by atoms with Gasteiger partial charge in [0.25, 0.3) is 0 Å². The smallest absolute Gasteiger partial charge is 0.328 e. The minimum Gasteiger partial charge on any atom is -0.478 e. The molecule has 0 saturated heterocycles. The first-order chi connectivity index (χ1) is 6.75. The zero-order chi connectivity index (χ0) is 9.97. The van der Waals surface area contributed by atoms with Gasteiger partial charge in [-0.15, -0.1) is 0 Å². The maximum absolute atomic E-state index is 10.2. The summed E-state index contributed by atoms with van der Waals surface area (Å²) in [5.41, 5.74) is 0.719. The zero-order valence-electron chi connectivity index (χ0n) is 7.55. The summed E-state index contributed by atoms with van der Waals surface area (Å²) in [6.07, 6.45) is 8.21. The summed E-state index contributed by atoms with van der Waals surface area (Å²) in [4.78, 5) is 18.6. The lowest BCUT2D eigenvalue weighted by atomic mass is 10.3. The normalized spacial score (nSPS) is 16.0. The van der Waals surface area contributed by atoms with E-state index in [-0.39, 0.29) is 0 Å². The van der Waals surface area contributed by atoms with E-state index in [1.807, 2.05) is 0 Å². The summed E-state index contributed by atoms with van der Waals surface area (Å²) in [7, 11) is 0. The van der Waals surface area contributed by atoms with E-state index >= 15 is 0 Å². The summed E-state index contributed by atoms with van der Waals surface area (Å²) < 4.78 is 0. The average molecular weight is 190 g/mol. The van der Waals surface area contributed by atoms with Gasteiger partial charge in [-0.2, -0.15) is 0 Å². The summed E-state index contributed by atoms with van der Waals surface area (Å²) in [6, 6.07) is 0. The van der Waals surface area contributed by atoms with Gasteiger partial charge < -0.3 is 5.11 Å². The fourth-order valence-corrected chi connectivity index (χ4v) is 1.15. The van der Waals surface area contributed by atoms with Gasteiger partial charge >= 0.3 is 5.97 Å². The molecule has 0 bridgehead atoms. The number of carbonyl (C=O) groups is 1. The summed E-state index contributed by atoms with van der Waals surface area (Å²) in [6.45, 7) is 0. The van der Waals surface area contributed by atoms with Crippen molar-refractivity contribution in [3.05, 3.63) is 29.9 Å². The molecule has 4 nitrogen and oxygen atoms in total. The lowest BCUT2D eigenvalue weighted by Crippen LogP contribution is -1.92. The largest absolute Gasteiger partial charge is 0.478 e. The first-order valence-electron chi connectivity index (χ1n) is 4.48. The van der Waals surface area contributed by atoms with Crippen LogP contribution in [-0.2, 0) is 4.79 Å². The molecule has 1 aliphatic rings. The number of aromatic nitrogens is 2. The van der Waals surface area contributed by atoms with Crippen LogP contribution >= 0.6 is 0 Å². The second-order valence-electron chi connectivity index (χ2n) is 3.32. The van der Waals surface area contributed by atoms with Crippen LogP contribution in [0.1, 0.15) is 30.1 Å². The summed E-state index contributed by atoms with van der Waals surface area (Å²) in [5.74, 6) is 0.446. The zero-order valence-corrected chi connectivity index (χ0v) is 7.55. The SMILES string of the molecule is O=C(O)C=Cc1cnc(C2CC2)nc1. The molecule has 72 valence electrons. The molecular formula is C10H10N2O2. The van der Waals surface area contributed by atoms with Crippen LogP contribution in [-0.4, -0.2) is 21.0 Å². The highest BCUT2D eigenvalue weighted by molar-refractivity contribution is 5.85. The van der Waals surface area contributed by atoms with E-state index < -0.39 is 5.97 Å². The monoisotopic (exact) mass is 190 g/mol. The van der Waals surface area contributed by atoms with Gasteiger partial charge in [-0.25, -0.2) is 14.8 Å². The third-order valence-electron chi connectivity index (χ3n) is 2.05. The summed E-state index contributed by atoms with van der Waals surface area (Å²) in [5, 5.41) is 8.40. The van der Waals surface area contributed by atoms with Gasteiger partial charge in [0.2, 0.25) is 0 Å². The first kappa shape index (κ1) is 8.87. The van der Waals surface area contributed by atoms with Crippen molar-refractivity contribution in [1.82, 2.24) is 9.97 Å². The Labute approximate surface area is 81.3 Å². The van der Waals surface area contributed by atoms with Crippen molar-refractivity contribution in [1.29, 1.82) is 0 Å². The molecule has 1 aromatic heterocycles. The van der Waals surface area contributed by atoms with Gasteiger partial charge in [-0.1, -0.05) is 0 Å². The van der Waals surface area contributed by atoms with Crippen molar-refractivity contribution in [2.45, 2.75) is 18.8 Å². The Bertz CT molecular complexity index is 366. The van der Waals surface area contributed by atoms with Crippen LogP contribution in [0.25, 0.3) is 6.08 Å². The molecule has 1 aromatic rings. The highest BCUT2D eigenvalue weighted by Gasteiger charge is 2.25. The quantitative estimate of drug-likeness (QED) is 0.733. The third-order valence-corrected chi connectivity index (χ3v) is 2.05. The maximum Gasteiger partial charge on any atom is 0.328 e. The maximum atomic E-state index is 10.2. The van der Waals surface area contributed by atoms with E-state index in [4.69, 9.17) is 5.11 Å². The van der Waals surface area contributed by atoms with Gasteiger partial charge in [-0.05, 0) is 18.9 Å². The van der Waals surface area contributed by atoms with Crippen molar-refractivity contribution >= 4 is 12.0 Å². The molecule has 0 unspecified atom stereocenters. The van der Waals surface area contributed by atoms with E-state index in [1.54, 1.807) is 12.4 Å². The molecule has 0 atom stereocenters. The minimum absolute atomic E-state index is 0.535. The molecule has 1 N–H and O–H groups in total. The van der Waals surface area contributed by atoms with Crippen LogP contribution in [0.15, 0.2) is 18.5 Å². The number of rotatable bonds is 3. The molecular weight excluding hydrogens is 180 g/mol. The molecule has 1 saturated carbocycles. The predicted octanol–water partition coefficient (Wildman–Crippen LogP) is 1.45. The van der Waals surface area contributed by atoms with Crippen molar-refractivity contribution < 1.29 is 9.90 Å². The number of carboxylic acid groups (broad SMARTS) is 1. The van der Waals surface area contributed by atoms with Crippen molar-refractivity contribution in [3.63, 3.8) is 0 Å². The molecule has 14 heavy (non-hydrogen) atoms. The van der Waals surface area contributed by atoms with E-state index in [2.05, 4.69) is 9.97 Å². The lowest BCUT2D eigenvalue weighted by Gasteiger charge is -1.95. The second-order valence-corrected chi connectivity index (χ2v) is 3.32. The Morgan fingerprint density at radius 1 is 1.43 bits per heavy atom. The van der Waals surface area contributed by atoms with E-state index in [1.165, 1.54) is 18.9 Å². The Kier molecular flexibility index (Phi) is 2.26. The van der Waals surface area contributed by atoms with Crippen molar-refractivity contribution in [2.24, 2.45) is 0 Å². The Morgan fingerprint density at radius 3 is 2.57 bits per heavy atom. The van der Waals surface area contributed by atoms with Gasteiger partial charge in [0.1, 0.15) is 5.82 Å². The van der Waals surface area contributed by atoms with Crippen molar-refractivity contribution in [2.75, 3.05) is 0 Å². The Balaban J connectivity index is 2.09. The molecule has 1 fully saturated rings. The average Bonchev–Trinajstić information content (AvgIpc) is 2.99. The van der Waals surface area contributed by atoms with Gasteiger partial charge in [0, 0.05) is 30.0 Å². The van der Waals surface area contributed by atoms with Gasteiger partial charge in [-0.3, -0.25) is 0 Å². The first-order valence-corrected chi connectivity index (χ1v) is 4.48. The van der Waals surface area contributed by atoms with Gasteiger partial charge in [0.15, 0.2) is 0 Å². The van der Waals surface area contributed by atoms with E-state index in [0.29, 0.717) is 5.92 Å². The molecule has 2 rings (SSSR count). The third kappa shape index (κ3) is 2.16. The lowest BCUT2D eigenvalue weighted by molar-refractivity contribution is -0.131. The van der Waals surface area contributed by atoms with E-state index in [9.17, 15) is 4.79 Å². The second kappa shape index (κ2) is 3.57.